The molecule has 0 aliphatic carbocycles. The fourth-order valence-corrected chi connectivity index (χ4v) is 3.12. The monoisotopic (exact) mass is 389 g/mol. The number of para-hydroxylation sites is 2. The fraction of sp³-hybridized carbons (Fsp3) is 0.150. The Labute approximate surface area is 159 Å². The van der Waals surface area contributed by atoms with Crippen LogP contribution in [-0.2, 0) is 6.61 Å². The molecule has 0 fully saturated rings. The van der Waals surface area contributed by atoms with E-state index < -0.39 is 12.5 Å². The molecular weight excluding hydrogens is 372 g/mol. The van der Waals surface area contributed by atoms with E-state index in [1.807, 2.05) is 36.6 Å². The van der Waals surface area contributed by atoms with E-state index in [4.69, 9.17) is 4.74 Å². The van der Waals surface area contributed by atoms with E-state index in [1.54, 1.807) is 18.2 Å². The summed E-state index contributed by atoms with van der Waals surface area (Å²) < 4.78 is 35.0. The molecule has 1 aromatic heterocycles. The van der Waals surface area contributed by atoms with Crippen LogP contribution in [-0.4, -0.2) is 12.5 Å². The maximum atomic E-state index is 12.5. The van der Waals surface area contributed by atoms with Gasteiger partial charge in [0.15, 0.2) is 0 Å². The van der Waals surface area contributed by atoms with Crippen LogP contribution in [0.2, 0.25) is 0 Å². The zero-order chi connectivity index (χ0) is 19.2. The minimum absolute atomic E-state index is 0.0830. The minimum atomic E-state index is -2.96. The number of ether oxygens (including phenoxy) is 2. The Morgan fingerprint density at radius 2 is 1.89 bits per heavy atom. The van der Waals surface area contributed by atoms with Gasteiger partial charge in [0.1, 0.15) is 18.1 Å². The molecule has 0 saturated heterocycles. The van der Waals surface area contributed by atoms with Crippen molar-refractivity contribution in [1.29, 1.82) is 0 Å². The second-order valence-corrected chi connectivity index (χ2v) is 6.66. The maximum absolute atomic E-state index is 12.5. The lowest BCUT2D eigenvalue weighted by atomic mass is 10.2. The molecule has 4 nitrogen and oxygen atoms in total. The van der Waals surface area contributed by atoms with E-state index >= 15 is 0 Å². The van der Waals surface area contributed by atoms with E-state index in [-0.39, 0.29) is 11.4 Å². The molecule has 0 spiro atoms. The van der Waals surface area contributed by atoms with Crippen molar-refractivity contribution in [2.75, 3.05) is 5.32 Å². The molecule has 1 heterocycles. The molecule has 1 N–H and O–H groups in total. The summed E-state index contributed by atoms with van der Waals surface area (Å²) in [6, 6.07) is 15.5. The van der Waals surface area contributed by atoms with Crippen LogP contribution in [0.25, 0.3) is 0 Å². The van der Waals surface area contributed by atoms with Crippen LogP contribution < -0.4 is 14.8 Å². The predicted molar refractivity (Wildman–Crippen MR) is 101 cm³/mol. The van der Waals surface area contributed by atoms with E-state index in [9.17, 15) is 13.6 Å². The summed E-state index contributed by atoms with van der Waals surface area (Å²) in [6.07, 6.45) is 0. The number of alkyl halides is 2. The third-order valence-electron chi connectivity index (χ3n) is 3.66. The highest BCUT2D eigenvalue weighted by atomic mass is 32.1. The topological polar surface area (TPSA) is 47.6 Å². The van der Waals surface area contributed by atoms with Gasteiger partial charge in [-0.3, -0.25) is 4.79 Å². The second kappa shape index (κ2) is 8.64. The molecule has 2 aromatic carbocycles. The minimum Gasteiger partial charge on any atom is -0.489 e. The number of hydrogen-bond acceptors (Lipinski definition) is 4. The highest BCUT2D eigenvalue weighted by Crippen LogP contribution is 2.27. The van der Waals surface area contributed by atoms with Crippen LogP contribution in [0.1, 0.15) is 20.8 Å². The van der Waals surface area contributed by atoms with Crippen molar-refractivity contribution >= 4 is 22.9 Å². The Hall–Kier alpha value is -2.93. The number of carbonyl (C=O) groups is 1. The molecule has 3 rings (SSSR count). The van der Waals surface area contributed by atoms with Crippen molar-refractivity contribution in [3.8, 4) is 11.5 Å². The first-order chi connectivity index (χ1) is 13.0. The molecule has 0 atom stereocenters. The lowest BCUT2D eigenvalue weighted by Gasteiger charge is -2.10. The molecule has 3 aromatic rings. The lowest BCUT2D eigenvalue weighted by Crippen LogP contribution is -2.12. The number of benzene rings is 2. The standard InChI is InChI=1S/C20H17F2NO3S/c1-13-6-8-15(9-7-13)25-11-14-10-18(27-12-14)19(24)23-16-4-2-3-5-17(16)26-20(21)22/h2-10,12,20H,11H2,1H3,(H,23,24). The van der Waals surface area contributed by atoms with Gasteiger partial charge >= 0.3 is 6.61 Å². The van der Waals surface area contributed by atoms with Gasteiger partial charge in [0.05, 0.1) is 10.6 Å². The first kappa shape index (κ1) is 18.8. The van der Waals surface area contributed by atoms with Crippen LogP contribution in [0.3, 0.4) is 0 Å². The largest absolute Gasteiger partial charge is 0.489 e. The van der Waals surface area contributed by atoms with Gasteiger partial charge in [0, 0.05) is 5.56 Å². The van der Waals surface area contributed by atoms with Gasteiger partial charge in [-0.05, 0) is 42.6 Å². The molecular formula is C20H17F2NO3S. The number of hydrogen-bond donors (Lipinski definition) is 1. The van der Waals surface area contributed by atoms with Gasteiger partial charge < -0.3 is 14.8 Å². The number of rotatable bonds is 7. The van der Waals surface area contributed by atoms with E-state index in [2.05, 4.69) is 10.1 Å². The highest BCUT2D eigenvalue weighted by molar-refractivity contribution is 7.12. The summed E-state index contributed by atoms with van der Waals surface area (Å²) >= 11 is 1.25. The third-order valence-corrected chi connectivity index (χ3v) is 4.63. The van der Waals surface area contributed by atoms with Crippen molar-refractivity contribution in [3.05, 3.63) is 76.0 Å². The second-order valence-electron chi connectivity index (χ2n) is 5.75. The van der Waals surface area contributed by atoms with Gasteiger partial charge in [0.2, 0.25) is 0 Å². The summed E-state index contributed by atoms with van der Waals surface area (Å²) in [5.74, 6) is 0.267. The quantitative estimate of drug-likeness (QED) is 0.581. The zero-order valence-electron chi connectivity index (χ0n) is 14.4. The SMILES string of the molecule is Cc1ccc(OCc2csc(C(=O)Nc3ccccc3OC(F)F)c2)cc1. The van der Waals surface area contributed by atoms with Crippen molar-refractivity contribution in [2.45, 2.75) is 20.1 Å². The Balaban J connectivity index is 1.62. The third kappa shape index (κ3) is 5.27. The zero-order valence-corrected chi connectivity index (χ0v) is 15.3. The summed E-state index contributed by atoms with van der Waals surface area (Å²) in [5.41, 5.74) is 2.18. The number of aryl methyl sites for hydroxylation is 1. The van der Waals surface area contributed by atoms with Gasteiger partial charge in [-0.15, -0.1) is 11.3 Å². The van der Waals surface area contributed by atoms with Crippen molar-refractivity contribution in [1.82, 2.24) is 0 Å². The summed E-state index contributed by atoms with van der Waals surface area (Å²) in [7, 11) is 0. The van der Waals surface area contributed by atoms with Crippen LogP contribution in [0.5, 0.6) is 11.5 Å². The van der Waals surface area contributed by atoms with Crippen molar-refractivity contribution in [2.24, 2.45) is 0 Å². The first-order valence-corrected chi connectivity index (χ1v) is 9.01. The summed E-state index contributed by atoms with van der Waals surface area (Å²) in [6.45, 7) is -0.633. The molecule has 0 aliphatic rings. The lowest BCUT2D eigenvalue weighted by molar-refractivity contribution is -0.0493. The highest BCUT2D eigenvalue weighted by Gasteiger charge is 2.14. The summed E-state index contributed by atoms with van der Waals surface area (Å²) in [5, 5.41) is 4.42. The predicted octanol–water partition coefficient (Wildman–Crippen LogP) is 5.49. The van der Waals surface area contributed by atoms with Gasteiger partial charge in [-0.25, -0.2) is 0 Å². The van der Waals surface area contributed by atoms with Crippen LogP contribution in [0, 0.1) is 6.92 Å². The number of thiophene rings is 1. The number of carbonyl (C=O) groups excluding carboxylic acids is 1. The summed E-state index contributed by atoms with van der Waals surface area (Å²) in [4.78, 5) is 12.8. The molecule has 0 unspecified atom stereocenters. The van der Waals surface area contributed by atoms with Crippen LogP contribution in [0.4, 0.5) is 14.5 Å². The van der Waals surface area contributed by atoms with E-state index in [1.165, 1.54) is 23.5 Å². The van der Waals surface area contributed by atoms with Crippen molar-refractivity contribution in [3.63, 3.8) is 0 Å². The van der Waals surface area contributed by atoms with Crippen LogP contribution in [0.15, 0.2) is 60.0 Å². The Morgan fingerprint density at radius 1 is 1.15 bits per heavy atom. The molecule has 0 aliphatic heterocycles. The van der Waals surface area contributed by atoms with Gasteiger partial charge in [0.25, 0.3) is 5.91 Å². The molecule has 27 heavy (non-hydrogen) atoms. The number of anilines is 1. The normalized spacial score (nSPS) is 10.7. The van der Waals surface area contributed by atoms with Crippen molar-refractivity contribution < 1.29 is 23.0 Å². The number of amides is 1. The van der Waals surface area contributed by atoms with E-state index in [0.717, 1.165) is 16.9 Å². The Morgan fingerprint density at radius 3 is 2.63 bits per heavy atom. The maximum Gasteiger partial charge on any atom is 0.387 e. The molecule has 140 valence electrons. The first-order valence-electron chi connectivity index (χ1n) is 8.13. The average Bonchev–Trinajstić information content (AvgIpc) is 3.12. The number of halogens is 2. The molecule has 0 saturated carbocycles. The van der Waals surface area contributed by atoms with Gasteiger partial charge in [-0.1, -0.05) is 29.8 Å². The molecule has 0 bridgehead atoms. The fourth-order valence-electron chi connectivity index (χ4n) is 2.32. The molecule has 1 amide bonds. The van der Waals surface area contributed by atoms with E-state index in [0.29, 0.717) is 11.5 Å². The smallest absolute Gasteiger partial charge is 0.387 e. The number of nitrogens with one attached hydrogen (secondary N) is 1. The Kier molecular flexibility index (Phi) is 6.03. The van der Waals surface area contributed by atoms with Crippen LogP contribution >= 0.6 is 11.3 Å². The molecule has 7 heteroatoms. The molecule has 0 radical (unpaired) electrons. The average molecular weight is 389 g/mol. The van der Waals surface area contributed by atoms with Gasteiger partial charge in [-0.2, -0.15) is 8.78 Å². The Bertz CT molecular complexity index is 910.